The van der Waals surface area contributed by atoms with E-state index in [4.69, 9.17) is 5.73 Å². The molecule has 7 heteroatoms. The van der Waals surface area contributed by atoms with Crippen LogP contribution in [0.25, 0.3) is 0 Å². The molecule has 2 aromatic rings. The SMILES string of the molecule is CC1CN(S(=O)(=O)c2ccccc2C(=O)c2ccccc2)CC1N.Cl. The van der Waals surface area contributed by atoms with E-state index in [0.717, 1.165) is 0 Å². The Kier molecular flexibility index (Phi) is 6.00. The summed E-state index contributed by atoms with van der Waals surface area (Å²) < 4.78 is 27.4. The van der Waals surface area contributed by atoms with Gasteiger partial charge in [0.05, 0.1) is 4.90 Å². The monoisotopic (exact) mass is 380 g/mol. The second-order valence-corrected chi connectivity index (χ2v) is 8.06. The number of nitrogens with two attached hydrogens (primary N) is 1. The summed E-state index contributed by atoms with van der Waals surface area (Å²) in [4.78, 5) is 12.8. The van der Waals surface area contributed by atoms with Crippen LogP contribution >= 0.6 is 12.4 Å². The van der Waals surface area contributed by atoms with E-state index >= 15 is 0 Å². The van der Waals surface area contributed by atoms with Crippen molar-refractivity contribution in [2.24, 2.45) is 11.7 Å². The molecule has 1 fully saturated rings. The van der Waals surface area contributed by atoms with E-state index in [1.807, 2.05) is 13.0 Å². The Morgan fingerprint density at radius 3 is 2.24 bits per heavy atom. The quantitative estimate of drug-likeness (QED) is 0.825. The molecule has 0 aromatic heterocycles. The number of ketones is 1. The number of carbonyl (C=O) groups excluding carboxylic acids is 1. The molecular weight excluding hydrogens is 360 g/mol. The predicted molar refractivity (Wildman–Crippen MR) is 99.5 cm³/mol. The molecule has 1 heterocycles. The van der Waals surface area contributed by atoms with Crippen LogP contribution in [0, 0.1) is 5.92 Å². The maximum atomic E-state index is 13.0. The average Bonchev–Trinajstić information content (AvgIpc) is 2.95. The highest BCUT2D eigenvalue weighted by atomic mass is 35.5. The minimum Gasteiger partial charge on any atom is -0.326 e. The van der Waals surface area contributed by atoms with Gasteiger partial charge in [0.15, 0.2) is 5.78 Å². The summed E-state index contributed by atoms with van der Waals surface area (Å²) in [6, 6.07) is 14.9. The van der Waals surface area contributed by atoms with Crippen LogP contribution in [0.2, 0.25) is 0 Å². The van der Waals surface area contributed by atoms with Crippen LogP contribution in [0.1, 0.15) is 22.8 Å². The molecule has 0 bridgehead atoms. The largest absolute Gasteiger partial charge is 0.326 e. The lowest BCUT2D eigenvalue weighted by Gasteiger charge is -2.18. The standard InChI is InChI=1S/C18H20N2O3S.ClH/c1-13-11-20(12-16(13)19)24(22,23)17-10-6-5-9-15(17)18(21)14-7-3-2-4-8-14;/h2-10,13,16H,11-12,19H2,1H3;1H. The summed E-state index contributed by atoms with van der Waals surface area (Å²) >= 11 is 0. The van der Waals surface area contributed by atoms with Crippen LogP contribution in [-0.4, -0.2) is 37.6 Å². The van der Waals surface area contributed by atoms with E-state index in [0.29, 0.717) is 12.1 Å². The first-order chi connectivity index (χ1) is 11.4. The smallest absolute Gasteiger partial charge is 0.243 e. The topological polar surface area (TPSA) is 80.5 Å². The Morgan fingerprint density at radius 2 is 1.64 bits per heavy atom. The molecule has 0 aliphatic carbocycles. The zero-order valence-corrected chi connectivity index (χ0v) is 15.5. The molecule has 2 atom stereocenters. The van der Waals surface area contributed by atoms with Gasteiger partial charge >= 0.3 is 0 Å². The highest BCUT2D eigenvalue weighted by Crippen LogP contribution is 2.27. The second-order valence-electron chi connectivity index (χ2n) is 6.15. The Morgan fingerprint density at radius 1 is 1.04 bits per heavy atom. The summed E-state index contributed by atoms with van der Waals surface area (Å²) in [5.41, 5.74) is 6.62. The highest BCUT2D eigenvalue weighted by molar-refractivity contribution is 7.89. The van der Waals surface area contributed by atoms with Gasteiger partial charge in [0, 0.05) is 30.3 Å². The molecule has 0 radical (unpaired) electrons. The fraction of sp³-hybridized carbons (Fsp3) is 0.278. The number of benzene rings is 2. The van der Waals surface area contributed by atoms with E-state index in [2.05, 4.69) is 0 Å². The Bertz CT molecular complexity index is 846. The minimum absolute atomic E-state index is 0. The summed E-state index contributed by atoms with van der Waals surface area (Å²) in [6.45, 7) is 2.58. The minimum atomic E-state index is -3.76. The van der Waals surface area contributed by atoms with Gasteiger partial charge in [-0.15, -0.1) is 12.4 Å². The highest BCUT2D eigenvalue weighted by Gasteiger charge is 2.37. The molecule has 3 rings (SSSR count). The fourth-order valence-corrected chi connectivity index (χ4v) is 4.67. The van der Waals surface area contributed by atoms with Crippen LogP contribution in [0.3, 0.4) is 0 Å². The van der Waals surface area contributed by atoms with Gasteiger partial charge in [-0.3, -0.25) is 4.79 Å². The van der Waals surface area contributed by atoms with Gasteiger partial charge in [0.2, 0.25) is 10.0 Å². The van der Waals surface area contributed by atoms with E-state index < -0.39 is 10.0 Å². The second kappa shape index (κ2) is 7.66. The van der Waals surface area contributed by atoms with Crippen LogP contribution < -0.4 is 5.73 Å². The summed E-state index contributed by atoms with van der Waals surface area (Å²) in [7, 11) is -3.76. The number of nitrogens with zero attached hydrogens (tertiary/aromatic N) is 1. The van der Waals surface area contributed by atoms with Crippen molar-refractivity contribution in [3.63, 3.8) is 0 Å². The molecule has 1 aliphatic rings. The third kappa shape index (κ3) is 3.77. The van der Waals surface area contributed by atoms with Gasteiger partial charge < -0.3 is 5.73 Å². The summed E-state index contributed by atoms with van der Waals surface area (Å²) in [5.74, 6) is -0.205. The van der Waals surface area contributed by atoms with E-state index in [9.17, 15) is 13.2 Å². The predicted octanol–water partition coefficient (Wildman–Crippen LogP) is 2.31. The number of hydrogen-bond acceptors (Lipinski definition) is 4. The lowest BCUT2D eigenvalue weighted by atomic mass is 10.0. The Labute approximate surface area is 154 Å². The van der Waals surface area contributed by atoms with Gasteiger partial charge in [-0.1, -0.05) is 49.4 Å². The summed E-state index contributed by atoms with van der Waals surface area (Å²) in [5, 5.41) is 0. The third-order valence-corrected chi connectivity index (χ3v) is 6.31. The molecule has 2 aromatic carbocycles. The van der Waals surface area contributed by atoms with Crippen LogP contribution in [0.4, 0.5) is 0 Å². The van der Waals surface area contributed by atoms with Gasteiger partial charge in [-0.25, -0.2) is 8.42 Å². The van der Waals surface area contributed by atoms with Gasteiger partial charge in [-0.05, 0) is 18.1 Å². The lowest BCUT2D eigenvalue weighted by Crippen LogP contribution is -2.33. The molecule has 0 saturated carbocycles. The lowest BCUT2D eigenvalue weighted by molar-refractivity contribution is 0.103. The van der Waals surface area contributed by atoms with Crippen molar-refractivity contribution in [2.45, 2.75) is 17.9 Å². The molecule has 0 spiro atoms. The van der Waals surface area contributed by atoms with Crippen LogP contribution in [-0.2, 0) is 10.0 Å². The molecule has 5 nitrogen and oxygen atoms in total. The molecule has 2 unspecified atom stereocenters. The first kappa shape index (κ1) is 19.6. The van der Waals surface area contributed by atoms with Crippen molar-refractivity contribution in [3.8, 4) is 0 Å². The zero-order chi connectivity index (χ0) is 17.3. The number of halogens is 1. The fourth-order valence-electron chi connectivity index (χ4n) is 2.91. The van der Waals surface area contributed by atoms with Crippen molar-refractivity contribution in [3.05, 3.63) is 65.7 Å². The molecule has 1 saturated heterocycles. The Hall–Kier alpha value is -1.73. The van der Waals surface area contributed by atoms with E-state index in [-0.39, 0.29) is 47.2 Å². The zero-order valence-electron chi connectivity index (χ0n) is 13.8. The number of sulfonamides is 1. The van der Waals surface area contributed by atoms with E-state index in [1.165, 1.54) is 10.4 Å². The maximum Gasteiger partial charge on any atom is 0.243 e. The Balaban J connectivity index is 0.00000225. The molecule has 0 amide bonds. The first-order valence-corrected chi connectivity index (χ1v) is 9.30. The normalized spacial score (nSPS) is 20.9. The van der Waals surface area contributed by atoms with Gasteiger partial charge in [0.1, 0.15) is 0 Å². The van der Waals surface area contributed by atoms with Crippen molar-refractivity contribution in [2.75, 3.05) is 13.1 Å². The molecule has 1 aliphatic heterocycles. The van der Waals surface area contributed by atoms with Crippen LogP contribution in [0.15, 0.2) is 59.5 Å². The van der Waals surface area contributed by atoms with E-state index in [1.54, 1.807) is 42.5 Å². The first-order valence-electron chi connectivity index (χ1n) is 7.86. The van der Waals surface area contributed by atoms with Gasteiger partial charge in [-0.2, -0.15) is 4.31 Å². The molecular formula is C18H21ClN2O3S. The summed E-state index contributed by atoms with van der Waals surface area (Å²) in [6.07, 6.45) is 0. The van der Waals surface area contributed by atoms with Crippen molar-refractivity contribution in [1.82, 2.24) is 4.31 Å². The van der Waals surface area contributed by atoms with Crippen molar-refractivity contribution >= 4 is 28.2 Å². The van der Waals surface area contributed by atoms with Gasteiger partial charge in [0.25, 0.3) is 0 Å². The van der Waals surface area contributed by atoms with Crippen LogP contribution in [0.5, 0.6) is 0 Å². The number of rotatable bonds is 4. The number of hydrogen-bond donors (Lipinski definition) is 1. The molecule has 25 heavy (non-hydrogen) atoms. The third-order valence-electron chi connectivity index (χ3n) is 4.42. The molecule has 134 valence electrons. The number of carbonyl (C=O) groups is 1. The maximum absolute atomic E-state index is 13.0. The average molecular weight is 381 g/mol. The van der Waals surface area contributed by atoms with Crippen molar-refractivity contribution < 1.29 is 13.2 Å². The molecule has 2 N–H and O–H groups in total. The van der Waals surface area contributed by atoms with Crippen molar-refractivity contribution in [1.29, 1.82) is 0 Å².